The van der Waals surface area contributed by atoms with Gasteiger partial charge in [-0.1, -0.05) is 12.1 Å². The number of aryl methyl sites for hydroxylation is 1. The third-order valence-electron chi connectivity index (χ3n) is 4.05. The molecule has 1 aromatic rings. The largest absolute Gasteiger partial charge is 0.497 e. The Hall–Kier alpha value is -1.10. The van der Waals surface area contributed by atoms with Gasteiger partial charge in [0.25, 0.3) is 0 Å². The van der Waals surface area contributed by atoms with Crippen LogP contribution in [0.2, 0.25) is 0 Å². The maximum atomic E-state index is 5.36. The number of hydrogen-bond donors (Lipinski definition) is 1. The minimum atomic E-state index is 0.549. The Morgan fingerprint density at radius 3 is 2.62 bits per heavy atom. The number of morpholine rings is 1. The number of nitrogens with one attached hydrogen (secondary N) is 1. The first-order valence-electron chi connectivity index (χ1n) is 7.94. The zero-order chi connectivity index (χ0) is 14.9. The minimum Gasteiger partial charge on any atom is -0.497 e. The second-order valence-electron chi connectivity index (χ2n) is 5.70. The van der Waals surface area contributed by atoms with E-state index in [1.165, 1.54) is 5.56 Å². The van der Waals surface area contributed by atoms with Gasteiger partial charge in [-0.05, 0) is 37.5 Å². The van der Waals surface area contributed by atoms with Crippen LogP contribution in [0.25, 0.3) is 0 Å². The Labute approximate surface area is 128 Å². The highest BCUT2D eigenvalue weighted by molar-refractivity contribution is 5.27. The molecular weight excluding hydrogens is 264 g/mol. The van der Waals surface area contributed by atoms with Crippen molar-refractivity contribution in [1.82, 2.24) is 10.2 Å². The van der Waals surface area contributed by atoms with Crippen LogP contribution in [-0.2, 0) is 11.2 Å². The van der Waals surface area contributed by atoms with Crippen LogP contribution in [0, 0.1) is 0 Å². The molecule has 118 valence electrons. The van der Waals surface area contributed by atoms with E-state index >= 15 is 0 Å². The molecule has 1 N–H and O–H groups in total. The Morgan fingerprint density at radius 2 is 1.95 bits per heavy atom. The average Bonchev–Trinajstić information content (AvgIpc) is 2.54. The molecule has 0 saturated carbocycles. The average molecular weight is 292 g/mol. The smallest absolute Gasteiger partial charge is 0.118 e. The first-order valence-corrected chi connectivity index (χ1v) is 7.94. The normalized spacial score (nSPS) is 17.6. The lowest BCUT2D eigenvalue weighted by Gasteiger charge is -2.27. The van der Waals surface area contributed by atoms with E-state index in [4.69, 9.17) is 9.47 Å². The molecule has 4 nitrogen and oxygen atoms in total. The van der Waals surface area contributed by atoms with Crippen LogP contribution < -0.4 is 10.1 Å². The summed E-state index contributed by atoms with van der Waals surface area (Å²) < 4.78 is 10.5. The summed E-state index contributed by atoms with van der Waals surface area (Å²) in [5, 5.41) is 3.62. The van der Waals surface area contributed by atoms with Gasteiger partial charge in [-0.2, -0.15) is 0 Å². The summed E-state index contributed by atoms with van der Waals surface area (Å²) in [6.45, 7) is 8.35. The van der Waals surface area contributed by atoms with Crippen LogP contribution >= 0.6 is 0 Å². The van der Waals surface area contributed by atoms with Crippen LogP contribution in [0.5, 0.6) is 5.75 Å². The van der Waals surface area contributed by atoms with Gasteiger partial charge >= 0.3 is 0 Å². The number of nitrogens with zero attached hydrogens (tertiary/aromatic N) is 1. The molecule has 1 atom stereocenters. The van der Waals surface area contributed by atoms with Gasteiger partial charge in [0.1, 0.15) is 5.75 Å². The van der Waals surface area contributed by atoms with E-state index in [1.807, 2.05) is 12.1 Å². The highest BCUT2D eigenvalue weighted by Gasteiger charge is 2.10. The number of rotatable bonds is 8. The Balaban J connectivity index is 1.59. The van der Waals surface area contributed by atoms with Gasteiger partial charge in [0.05, 0.1) is 20.3 Å². The molecule has 1 heterocycles. The molecule has 1 aliphatic rings. The van der Waals surface area contributed by atoms with E-state index in [0.29, 0.717) is 6.04 Å². The molecule has 1 aliphatic heterocycles. The van der Waals surface area contributed by atoms with Gasteiger partial charge in [0.15, 0.2) is 0 Å². The van der Waals surface area contributed by atoms with Crippen molar-refractivity contribution in [3.63, 3.8) is 0 Å². The van der Waals surface area contributed by atoms with E-state index in [9.17, 15) is 0 Å². The maximum Gasteiger partial charge on any atom is 0.118 e. The standard InChI is InChI=1S/C17H28N2O2/c1-15(18-9-10-19-11-13-21-14-12-19)3-4-16-5-7-17(20-2)8-6-16/h5-8,15,18H,3-4,9-14H2,1-2H3/t15-/m1/s1. The molecule has 1 saturated heterocycles. The third kappa shape index (κ3) is 6.04. The highest BCUT2D eigenvalue weighted by atomic mass is 16.5. The van der Waals surface area contributed by atoms with E-state index in [0.717, 1.165) is 58.0 Å². The lowest BCUT2D eigenvalue weighted by atomic mass is 10.1. The summed E-state index contributed by atoms with van der Waals surface area (Å²) in [5.41, 5.74) is 1.37. The van der Waals surface area contributed by atoms with Gasteiger partial charge in [0, 0.05) is 32.2 Å². The molecule has 0 unspecified atom stereocenters. The van der Waals surface area contributed by atoms with E-state index in [2.05, 4.69) is 29.3 Å². The maximum absolute atomic E-state index is 5.36. The molecule has 21 heavy (non-hydrogen) atoms. The second-order valence-corrected chi connectivity index (χ2v) is 5.70. The molecule has 4 heteroatoms. The van der Waals surface area contributed by atoms with E-state index in [1.54, 1.807) is 7.11 Å². The first-order chi connectivity index (χ1) is 10.3. The van der Waals surface area contributed by atoms with E-state index in [-0.39, 0.29) is 0 Å². The summed E-state index contributed by atoms with van der Waals surface area (Å²) in [6, 6.07) is 8.92. The lowest BCUT2D eigenvalue weighted by molar-refractivity contribution is 0.0381. The molecular formula is C17H28N2O2. The molecule has 2 rings (SSSR count). The van der Waals surface area contributed by atoms with Crippen LogP contribution in [0.3, 0.4) is 0 Å². The van der Waals surface area contributed by atoms with Gasteiger partial charge in [0.2, 0.25) is 0 Å². The van der Waals surface area contributed by atoms with Gasteiger partial charge in [-0.25, -0.2) is 0 Å². The topological polar surface area (TPSA) is 33.7 Å². The molecule has 0 aliphatic carbocycles. The molecule has 1 aromatic carbocycles. The molecule has 0 bridgehead atoms. The second kappa shape index (κ2) is 9.03. The van der Waals surface area contributed by atoms with Crippen molar-refractivity contribution in [3.8, 4) is 5.75 Å². The summed E-state index contributed by atoms with van der Waals surface area (Å²) in [4.78, 5) is 2.46. The monoisotopic (exact) mass is 292 g/mol. The molecule has 0 amide bonds. The molecule has 0 spiro atoms. The van der Waals surface area contributed by atoms with Crippen molar-refractivity contribution in [3.05, 3.63) is 29.8 Å². The van der Waals surface area contributed by atoms with Crippen LogP contribution in [0.15, 0.2) is 24.3 Å². The minimum absolute atomic E-state index is 0.549. The Morgan fingerprint density at radius 1 is 1.24 bits per heavy atom. The fraction of sp³-hybridized carbons (Fsp3) is 0.647. The SMILES string of the molecule is COc1ccc(CC[C@@H](C)NCCN2CCOCC2)cc1. The van der Waals surface area contributed by atoms with E-state index < -0.39 is 0 Å². The number of ether oxygens (including phenoxy) is 2. The van der Waals surface area contributed by atoms with Crippen molar-refractivity contribution in [1.29, 1.82) is 0 Å². The van der Waals surface area contributed by atoms with Crippen molar-refractivity contribution >= 4 is 0 Å². The van der Waals surface area contributed by atoms with Crippen LogP contribution in [-0.4, -0.2) is 57.4 Å². The summed E-state index contributed by atoms with van der Waals surface area (Å²) in [5.74, 6) is 0.926. The van der Waals surface area contributed by atoms with Crippen LogP contribution in [0.1, 0.15) is 18.9 Å². The third-order valence-corrected chi connectivity index (χ3v) is 4.05. The Bertz CT molecular complexity index is 388. The summed E-state index contributed by atoms with van der Waals surface area (Å²) >= 11 is 0. The predicted molar refractivity (Wildman–Crippen MR) is 86.0 cm³/mol. The van der Waals surface area contributed by atoms with Crippen molar-refractivity contribution in [2.24, 2.45) is 0 Å². The zero-order valence-corrected chi connectivity index (χ0v) is 13.3. The summed E-state index contributed by atoms with van der Waals surface area (Å²) in [6.07, 6.45) is 2.27. The first kappa shape index (κ1) is 16.3. The van der Waals surface area contributed by atoms with Gasteiger partial charge in [-0.15, -0.1) is 0 Å². The number of methoxy groups -OCH3 is 1. The number of benzene rings is 1. The zero-order valence-electron chi connectivity index (χ0n) is 13.3. The summed E-state index contributed by atoms with van der Waals surface area (Å²) in [7, 11) is 1.70. The predicted octanol–water partition coefficient (Wildman–Crippen LogP) is 1.94. The highest BCUT2D eigenvalue weighted by Crippen LogP contribution is 2.13. The molecule has 0 aromatic heterocycles. The van der Waals surface area contributed by atoms with Crippen molar-refractivity contribution in [2.45, 2.75) is 25.8 Å². The lowest BCUT2D eigenvalue weighted by Crippen LogP contribution is -2.41. The molecule has 1 fully saturated rings. The molecule has 0 radical (unpaired) electrons. The Kier molecular flexibility index (Phi) is 7.00. The van der Waals surface area contributed by atoms with Crippen molar-refractivity contribution < 1.29 is 9.47 Å². The van der Waals surface area contributed by atoms with Crippen LogP contribution in [0.4, 0.5) is 0 Å². The quantitative estimate of drug-likeness (QED) is 0.794. The van der Waals surface area contributed by atoms with Crippen molar-refractivity contribution in [2.75, 3.05) is 46.5 Å². The van der Waals surface area contributed by atoms with Gasteiger partial charge in [-0.3, -0.25) is 4.90 Å². The fourth-order valence-electron chi connectivity index (χ4n) is 2.57. The fourth-order valence-corrected chi connectivity index (χ4v) is 2.57. The number of hydrogen-bond acceptors (Lipinski definition) is 4. The van der Waals surface area contributed by atoms with Gasteiger partial charge < -0.3 is 14.8 Å².